The van der Waals surface area contributed by atoms with Gasteiger partial charge in [0.15, 0.2) is 0 Å². The van der Waals surface area contributed by atoms with Gasteiger partial charge >= 0.3 is 0 Å². The molecule has 0 N–H and O–H groups in total. The minimum Gasteiger partial charge on any atom is -0.244 e. The molecular formula is C19H19Br2NO2S. The van der Waals surface area contributed by atoms with Gasteiger partial charge in [0.25, 0.3) is 0 Å². The van der Waals surface area contributed by atoms with E-state index < -0.39 is 14.8 Å². The van der Waals surface area contributed by atoms with Crippen LogP contribution >= 0.6 is 31.9 Å². The number of nitrogens with zero attached hydrogens (tertiary/aromatic N) is 1. The van der Waals surface area contributed by atoms with Crippen LogP contribution in [0.4, 0.5) is 0 Å². The first-order chi connectivity index (χ1) is 11.7. The van der Waals surface area contributed by atoms with Crippen molar-refractivity contribution < 1.29 is 8.42 Å². The van der Waals surface area contributed by atoms with Crippen LogP contribution in [0.25, 0.3) is 10.9 Å². The van der Waals surface area contributed by atoms with E-state index in [1.165, 1.54) is 3.97 Å². The molecule has 1 heterocycles. The molecule has 1 unspecified atom stereocenters. The summed E-state index contributed by atoms with van der Waals surface area (Å²) >= 11 is 6.72. The highest BCUT2D eigenvalue weighted by Gasteiger charge is 2.40. The smallest absolute Gasteiger partial charge is 0.244 e. The molecule has 25 heavy (non-hydrogen) atoms. The molecule has 6 heteroatoms. The Morgan fingerprint density at radius 1 is 1.24 bits per heavy atom. The lowest BCUT2D eigenvalue weighted by Crippen LogP contribution is -2.38. The average Bonchev–Trinajstić information content (AvgIpc) is 2.96. The predicted octanol–water partition coefficient (Wildman–Crippen LogP) is 5.79. The van der Waals surface area contributed by atoms with Crippen LogP contribution in [0, 0.1) is 6.92 Å². The Bertz CT molecular complexity index is 1040. The van der Waals surface area contributed by atoms with Gasteiger partial charge in [-0.2, -0.15) is 0 Å². The van der Waals surface area contributed by atoms with E-state index in [-0.39, 0.29) is 0 Å². The fourth-order valence-electron chi connectivity index (χ4n) is 3.31. The quantitative estimate of drug-likeness (QED) is 0.552. The number of fused-ring (bicyclic) bond motifs is 1. The van der Waals surface area contributed by atoms with Crippen molar-refractivity contribution >= 4 is 52.8 Å². The average molecular weight is 485 g/mol. The minimum atomic E-state index is -3.60. The molecule has 0 spiro atoms. The van der Waals surface area contributed by atoms with Gasteiger partial charge in [0.2, 0.25) is 10.0 Å². The number of hydrogen-bond donors (Lipinski definition) is 0. The summed E-state index contributed by atoms with van der Waals surface area (Å²) in [5, 5.41) is 0.936. The van der Waals surface area contributed by atoms with Gasteiger partial charge in [-0.15, -0.1) is 0 Å². The fraction of sp³-hybridized carbons (Fsp3) is 0.263. The van der Waals surface area contributed by atoms with Crippen LogP contribution in [0.1, 0.15) is 25.8 Å². The highest BCUT2D eigenvalue weighted by atomic mass is 79.9. The fourth-order valence-corrected chi connectivity index (χ4v) is 5.58. The summed E-state index contributed by atoms with van der Waals surface area (Å²) in [5.41, 5.74) is 3.67. The summed E-state index contributed by atoms with van der Waals surface area (Å²) in [6.07, 6.45) is 7.87. The van der Waals surface area contributed by atoms with E-state index in [0.717, 1.165) is 31.0 Å². The molecule has 3 nitrogen and oxygen atoms in total. The summed E-state index contributed by atoms with van der Waals surface area (Å²) in [6.45, 7) is 5.67. The van der Waals surface area contributed by atoms with Crippen molar-refractivity contribution in [3.8, 4) is 0 Å². The number of para-hydroxylation sites is 1. The number of aryl methyl sites for hydroxylation is 1. The molecule has 0 bridgehead atoms. The van der Waals surface area contributed by atoms with Gasteiger partial charge < -0.3 is 0 Å². The maximum absolute atomic E-state index is 13.5. The first kappa shape index (κ1) is 18.7. The van der Waals surface area contributed by atoms with Crippen LogP contribution in [0.15, 0.2) is 63.2 Å². The van der Waals surface area contributed by atoms with E-state index in [4.69, 9.17) is 0 Å². The first-order valence-electron chi connectivity index (χ1n) is 7.90. The third-order valence-electron chi connectivity index (χ3n) is 4.70. The van der Waals surface area contributed by atoms with Crippen LogP contribution in [0.5, 0.6) is 0 Å². The van der Waals surface area contributed by atoms with Crippen LogP contribution in [0.2, 0.25) is 0 Å². The topological polar surface area (TPSA) is 39.1 Å². The predicted molar refractivity (Wildman–Crippen MR) is 112 cm³/mol. The molecule has 0 aliphatic heterocycles. The van der Waals surface area contributed by atoms with Gasteiger partial charge in [0.05, 0.1) is 8.91 Å². The summed E-state index contributed by atoms with van der Waals surface area (Å²) in [6, 6.07) is 7.68. The van der Waals surface area contributed by atoms with Gasteiger partial charge in [-0.1, -0.05) is 30.4 Å². The standard InChI is InChI=1S/C19H19Br2NO2S/c1-13-5-4-6-15-8-10-22(18(13)15)25(23,24)19(3)9-7-16(11-17(20)21)14(2)12-19/h4-8,10-12H,9H2,1-3H3. The number of rotatable bonds is 3. The second-order valence-corrected chi connectivity index (χ2v) is 11.6. The molecule has 0 radical (unpaired) electrons. The molecule has 0 saturated carbocycles. The van der Waals surface area contributed by atoms with Crippen molar-refractivity contribution in [3.63, 3.8) is 0 Å². The third kappa shape index (κ3) is 3.20. The second kappa shape index (κ2) is 6.56. The van der Waals surface area contributed by atoms with Crippen molar-refractivity contribution in [2.45, 2.75) is 31.9 Å². The van der Waals surface area contributed by atoms with Crippen LogP contribution in [-0.2, 0) is 10.0 Å². The largest absolute Gasteiger partial charge is 0.248 e. The maximum atomic E-state index is 13.5. The molecule has 3 rings (SSSR count). The van der Waals surface area contributed by atoms with Crippen molar-refractivity contribution in [2.75, 3.05) is 0 Å². The molecule has 1 aromatic heterocycles. The number of aromatic nitrogens is 1. The zero-order chi connectivity index (χ0) is 18.4. The Balaban J connectivity index is 2.12. The molecule has 1 atom stereocenters. The highest BCUT2D eigenvalue weighted by molar-refractivity contribution is 9.28. The van der Waals surface area contributed by atoms with Crippen molar-refractivity contribution in [1.82, 2.24) is 3.97 Å². The Morgan fingerprint density at radius 2 is 1.96 bits per heavy atom. The second-order valence-electron chi connectivity index (χ2n) is 6.57. The van der Waals surface area contributed by atoms with Crippen molar-refractivity contribution in [2.24, 2.45) is 0 Å². The van der Waals surface area contributed by atoms with Gasteiger partial charge in [-0.25, -0.2) is 12.4 Å². The molecular weight excluding hydrogens is 466 g/mol. The molecule has 2 aromatic rings. The van der Waals surface area contributed by atoms with E-state index in [1.807, 2.05) is 56.3 Å². The Hall–Kier alpha value is -1.11. The van der Waals surface area contributed by atoms with Gasteiger partial charge in [-0.3, -0.25) is 0 Å². The van der Waals surface area contributed by atoms with Gasteiger partial charge in [0.1, 0.15) is 4.75 Å². The minimum absolute atomic E-state index is 0.428. The molecule has 1 aliphatic carbocycles. The van der Waals surface area contributed by atoms with E-state index in [1.54, 1.807) is 13.1 Å². The Morgan fingerprint density at radius 3 is 2.60 bits per heavy atom. The van der Waals surface area contributed by atoms with E-state index in [2.05, 4.69) is 31.9 Å². The molecule has 0 fully saturated rings. The normalized spacial score (nSPS) is 21.0. The summed E-state index contributed by atoms with van der Waals surface area (Å²) in [5.74, 6) is 0. The Kier molecular flexibility index (Phi) is 4.90. The molecule has 1 aliphatic rings. The van der Waals surface area contributed by atoms with Crippen LogP contribution in [0.3, 0.4) is 0 Å². The monoisotopic (exact) mass is 483 g/mol. The first-order valence-corrected chi connectivity index (χ1v) is 10.9. The lowest BCUT2D eigenvalue weighted by atomic mass is 9.92. The lowest BCUT2D eigenvalue weighted by Gasteiger charge is -2.30. The lowest BCUT2D eigenvalue weighted by molar-refractivity contribution is 0.553. The zero-order valence-corrected chi connectivity index (χ0v) is 18.2. The summed E-state index contributed by atoms with van der Waals surface area (Å²) in [4.78, 5) is 0. The number of allylic oxidation sites excluding steroid dienone is 4. The van der Waals surface area contributed by atoms with Gasteiger partial charge in [0, 0.05) is 11.6 Å². The maximum Gasteiger partial charge on any atom is 0.248 e. The van der Waals surface area contributed by atoms with E-state index >= 15 is 0 Å². The SMILES string of the molecule is CC1=CC(C)(S(=O)(=O)n2ccc3cccc(C)c32)CC=C1C=C(Br)Br. The number of hydrogen-bond acceptors (Lipinski definition) is 2. The third-order valence-corrected chi connectivity index (χ3v) is 7.44. The van der Waals surface area contributed by atoms with Crippen LogP contribution in [-0.4, -0.2) is 17.1 Å². The summed E-state index contributed by atoms with van der Waals surface area (Å²) in [7, 11) is -3.60. The molecule has 132 valence electrons. The van der Waals surface area contributed by atoms with Crippen LogP contribution < -0.4 is 0 Å². The summed E-state index contributed by atoms with van der Waals surface area (Å²) < 4.78 is 28.2. The van der Waals surface area contributed by atoms with Gasteiger partial charge in [-0.05, 0) is 87.9 Å². The van der Waals surface area contributed by atoms with E-state index in [0.29, 0.717) is 6.42 Å². The number of benzene rings is 1. The highest BCUT2D eigenvalue weighted by Crippen LogP contribution is 2.37. The molecule has 0 saturated heterocycles. The zero-order valence-electron chi connectivity index (χ0n) is 14.3. The van der Waals surface area contributed by atoms with Crippen molar-refractivity contribution in [3.05, 3.63) is 68.8 Å². The molecule has 1 aromatic carbocycles. The Labute approximate surface area is 165 Å². The molecule has 0 amide bonds. The van der Waals surface area contributed by atoms with Crippen molar-refractivity contribution in [1.29, 1.82) is 0 Å². The van der Waals surface area contributed by atoms with E-state index in [9.17, 15) is 8.42 Å². The number of halogens is 2.